The van der Waals surface area contributed by atoms with Crippen LogP contribution in [-0.4, -0.2) is 19.9 Å². The molecule has 8 heteroatoms. The fraction of sp³-hybridized carbons (Fsp3) is 0.538. The first-order chi connectivity index (χ1) is 9.73. The van der Waals surface area contributed by atoms with E-state index < -0.39 is 20.6 Å². The summed E-state index contributed by atoms with van der Waals surface area (Å²) in [5, 5.41) is 11.0. The molecule has 2 rings (SSSR count). The largest absolute Gasteiger partial charge is 0.289 e. The number of benzene rings is 1. The van der Waals surface area contributed by atoms with Crippen LogP contribution in [0.5, 0.6) is 0 Å². The lowest BCUT2D eigenvalue weighted by molar-refractivity contribution is -0.387. The molecular weight excluding hydrogens is 360 g/mol. The molecule has 116 valence electrons. The van der Waals surface area contributed by atoms with Crippen molar-refractivity contribution in [1.29, 1.82) is 0 Å². The van der Waals surface area contributed by atoms with Gasteiger partial charge in [-0.2, -0.15) is 0 Å². The van der Waals surface area contributed by atoms with Crippen LogP contribution < -0.4 is 4.72 Å². The summed E-state index contributed by atoms with van der Waals surface area (Å²) in [6.07, 6.45) is 4.12. The minimum Gasteiger partial charge on any atom is -0.258 e. The van der Waals surface area contributed by atoms with E-state index in [0.29, 0.717) is 11.0 Å². The molecule has 0 saturated heterocycles. The summed E-state index contributed by atoms with van der Waals surface area (Å²) in [5.41, 5.74) is -0.476. The van der Waals surface area contributed by atoms with Crippen LogP contribution in [0.15, 0.2) is 27.6 Å². The lowest BCUT2D eigenvalue weighted by atomic mass is 9.89. The van der Waals surface area contributed by atoms with Crippen molar-refractivity contribution in [2.45, 2.75) is 37.5 Å². The summed E-state index contributed by atoms with van der Waals surface area (Å²) >= 11 is 3.15. The number of nitro benzene ring substituents is 1. The van der Waals surface area contributed by atoms with Gasteiger partial charge in [0.05, 0.1) is 4.92 Å². The van der Waals surface area contributed by atoms with Gasteiger partial charge in [-0.15, -0.1) is 0 Å². The maximum Gasteiger partial charge on any atom is 0.289 e. The molecule has 1 aliphatic carbocycles. The number of sulfonamides is 1. The summed E-state index contributed by atoms with van der Waals surface area (Å²) in [5.74, 6) is 0. The van der Waals surface area contributed by atoms with Crippen LogP contribution in [0.25, 0.3) is 0 Å². The minimum atomic E-state index is -3.91. The first-order valence-corrected chi connectivity index (χ1v) is 8.95. The number of hydrogen-bond acceptors (Lipinski definition) is 4. The third-order valence-electron chi connectivity index (χ3n) is 3.91. The summed E-state index contributed by atoms with van der Waals surface area (Å²) in [4.78, 5) is 10.0. The third kappa shape index (κ3) is 3.81. The highest BCUT2D eigenvalue weighted by atomic mass is 79.9. The van der Waals surface area contributed by atoms with E-state index in [-0.39, 0.29) is 10.3 Å². The topological polar surface area (TPSA) is 89.3 Å². The van der Waals surface area contributed by atoms with Gasteiger partial charge >= 0.3 is 0 Å². The molecule has 0 amide bonds. The van der Waals surface area contributed by atoms with Crippen molar-refractivity contribution in [2.24, 2.45) is 5.41 Å². The molecule has 1 aromatic rings. The first kappa shape index (κ1) is 16.4. The minimum absolute atomic E-state index is 0.0616. The first-order valence-electron chi connectivity index (χ1n) is 6.67. The van der Waals surface area contributed by atoms with E-state index in [1.54, 1.807) is 0 Å². The van der Waals surface area contributed by atoms with E-state index in [1.165, 1.54) is 18.2 Å². The third-order valence-corrected chi connectivity index (χ3v) is 5.83. The molecule has 0 spiro atoms. The average molecular weight is 377 g/mol. The Balaban J connectivity index is 2.27. The molecule has 0 aliphatic heterocycles. The van der Waals surface area contributed by atoms with Crippen molar-refractivity contribution in [3.8, 4) is 0 Å². The Morgan fingerprint density at radius 3 is 2.57 bits per heavy atom. The van der Waals surface area contributed by atoms with E-state index in [1.807, 2.05) is 6.92 Å². The summed E-state index contributed by atoms with van der Waals surface area (Å²) in [7, 11) is -3.91. The normalized spacial score (nSPS) is 17.8. The van der Waals surface area contributed by atoms with Gasteiger partial charge in [-0.05, 0) is 30.4 Å². The molecule has 1 aromatic carbocycles. The van der Waals surface area contributed by atoms with E-state index in [2.05, 4.69) is 20.7 Å². The average Bonchev–Trinajstić information content (AvgIpc) is 2.84. The Bertz CT molecular complexity index is 654. The van der Waals surface area contributed by atoms with Crippen LogP contribution in [0, 0.1) is 15.5 Å². The number of rotatable bonds is 5. The van der Waals surface area contributed by atoms with Gasteiger partial charge in [0.25, 0.3) is 5.69 Å². The summed E-state index contributed by atoms with van der Waals surface area (Å²) in [6.45, 7) is 2.34. The van der Waals surface area contributed by atoms with Gasteiger partial charge in [0, 0.05) is 17.1 Å². The lowest BCUT2D eigenvalue weighted by Gasteiger charge is -2.23. The highest BCUT2D eigenvalue weighted by Crippen LogP contribution is 2.37. The number of hydrogen-bond donors (Lipinski definition) is 1. The van der Waals surface area contributed by atoms with Crippen molar-refractivity contribution < 1.29 is 13.3 Å². The van der Waals surface area contributed by atoms with Gasteiger partial charge in [0.15, 0.2) is 4.90 Å². The molecule has 1 aliphatic rings. The Morgan fingerprint density at radius 1 is 1.38 bits per heavy atom. The van der Waals surface area contributed by atoms with E-state index >= 15 is 0 Å². The van der Waals surface area contributed by atoms with E-state index in [4.69, 9.17) is 0 Å². The number of halogens is 1. The molecular formula is C13H17BrN2O4S. The zero-order valence-corrected chi connectivity index (χ0v) is 14.0. The fourth-order valence-electron chi connectivity index (χ4n) is 2.61. The van der Waals surface area contributed by atoms with Crippen LogP contribution in [0.4, 0.5) is 5.69 Å². The van der Waals surface area contributed by atoms with Crippen LogP contribution in [-0.2, 0) is 10.0 Å². The molecule has 0 unspecified atom stereocenters. The number of nitrogens with zero attached hydrogens (tertiary/aromatic N) is 1. The Hall–Kier alpha value is -0.990. The van der Waals surface area contributed by atoms with E-state index in [0.717, 1.165) is 25.7 Å². The lowest BCUT2D eigenvalue weighted by Crippen LogP contribution is -2.34. The Kier molecular flexibility index (Phi) is 4.69. The quantitative estimate of drug-likeness (QED) is 0.630. The van der Waals surface area contributed by atoms with Crippen molar-refractivity contribution >= 4 is 31.6 Å². The highest BCUT2D eigenvalue weighted by molar-refractivity contribution is 9.10. The second-order valence-electron chi connectivity index (χ2n) is 5.71. The molecule has 21 heavy (non-hydrogen) atoms. The van der Waals surface area contributed by atoms with Crippen LogP contribution in [0.2, 0.25) is 0 Å². The molecule has 0 atom stereocenters. The maximum atomic E-state index is 12.4. The molecule has 6 nitrogen and oxygen atoms in total. The van der Waals surface area contributed by atoms with Gasteiger partial charge < -0.3 is 0 Å². The smallest absolute Gasteiger partial charge is 0.258 e. The molecule has 0 heterocycles. The summed E-state index contributed by atoms with van der Waals surface area (Å²) < 4.78 is 27.8. The predicted molar refractivity (Wildman–Crippen MR) is 82.6 cm³/mol. The SMILES string of the molecule is CC1(CNS(=O)(=O)c2cc(Br)ccc2[N+](=O)[O-])CCCC1. The monoisotopic (exact) mass is 376 g/mol. The molecule has 0 bridgehead atoms. The van der Waals surface area contributed by atoms with Crippen molar-refractivity contribution in [3.05, 3.63) is 32.8 Å². The zero-order valence-electron chi connectivity index (χ0n) is 11.6. The summed E-state index contributed by atoms with van der Waals surface area (Å²) in [6, 6.07) is 3.91. The maximum absolute atomic E-state index is 12.4. The van der Waals surface area contributed by atoms with Crippen LogP contribution >= 0.6 is 15.9 Å². The zero-order chi connectivity index (χ0) is 15.7. The number of nitrogens with one attached hydrogen (secondary N) is 1. The second-order valence-corrected chi connectivity index (χ2v) is 8.36. The fourth-order valence-corrected chi connectivity index (χ4v) is 4.51. The molecule has 1 N–H and O–H groups in total. The Morgan fingerprint density at radius 2 is 2.00 bits per heavy atom. The van der Waals surface area contributed by atoms with Crippen LogP contribution in [0.3, 0.4) is 0 Å². The second kappa shape index (κ2) is 6.02. The molecule has 1 fully saturated rings. The van der Waals surface area contributed by atoms with Gasteiger partial charge in [0.1, 0.15) is 0 Å². The van der Waals surface area contributed by atoms with Gasteiger partial charge in [-0.3, -0.25) is 10.1 Å². The Labute approximate surface area is 132 Å². The van der Waals surface area contributed by atoms with E-state index in [9.17, 15) is 18.5 Å². The van der Waals surface area contributed by atoms with Gasteiger partial charge in [-0.25, -0.2) is 13.1 Å². The molecule has 0 radical (unpaired) electrons. The molecule has 0 aromatic heterocycles. The van der Waals surface area contributed by atoms with Gasteiger partial charge in [-0.1, -0.05) is 35.7 Å². The van der Waals surface area contributed by atoms with Crippen LogP contribution in [0.1, 0.15) is 32.6 Å². The van der Waals surface area contributed by atoms with Crippen molar-refractivity contribution in [2.75, 3.05) is 6.54 Å². The molecule has 1 saturated carbocycles. The van der Waals surface area contributed by atoms with Crippen molar-refractivity contribution in [1.82, 2.24) is 4.72 Å². The predicted octanol–water partition coefficient (Wildman–Crippen LogP) is 3.22. The van der Waals surface area contributed by atoms with Gasteiger partial charge in [0.2, 0.25) is 10.0 Å². The van der Waals surface area contributed by atoms with Crippen molar-refractivity contribution in [3.63, 3.8) is 0 Å². The number of nitro groups is 1. The highest BCUT2D eigenvalue weighted by Gasteiger charge is 2.32. The standard InChI is InChI=1S/C13H17BrN2O4S/c1-13(6-2-3-7-13)9-15-21(19,20)12-8-10(14)4-5-11(12)16(17)18/h4-5,8,15H,2-3,6-7,9H2,1H3.